The third-order valence-electron chi connectivity index (χ3n) is 4.20. The fraction of sp³-hybridized carbons (Fsp3) is 0.421. The van der Waals surface area contributed by atoms with Crippen LogP contribution in [0.5, 0.6) is 0 Å². The van der Waals surface area contributed by atoms with Crippen molar-refractivity contribution in [1.29, 1.82) is 0 Å². The molecule has 8 nitrogen and oxygen atoms in total. The minimum atomic E-state index is -3.30. The molecule has 0 aliphatic heterocycles. The van der Waals surface area contributed by atoms with Crippen LogP contribution in [0.15, 0.2) is 40.5 Å². The third-order valence-corrected chi connectivity index (χ3v) is 7.31. The Balaban J connectivity index is 1.85. The number of hydrogen-bond acceptors (Lipinski definition) is 8. The number of amides is 1. The summed E-state index contributed by atoms with van der Waals surface area (Å²) in [6.07, 6.45) is 2.68. The topological polar surface area (TPSA) is 107 Å². The fourth-order valence-electron chi connectivity index (χ4n) is 2.58. The maximum atomic E-state index is 12.8. The van der Waals surface area contributed by atoms with Crippen molar-refractivity contribution in [2.75, 3.05) is 19.0 Å². The van der Waals surface area contributed by atoms with Crippen LogP contribution in [0, 0.1) is 6.92 Å². The second-order valence-electron chi connectivity index (χ2n) is 6.81. The van der Waals surface area contributed by atoms with Gasteiger partial charge in [-0.3, -0.25) is 10.1 Å². The monoisotopic (exact) mass is 437 g/mol. The first kappa shape index (κ1) is 21.4. The Morgan fingerprint density at radius 1 is 1.34 bits per heavy atom. The first-order valence-corrected chi connectivity index (χ1v) is 11.5. The molecule has 1 saturated carbocycles. The van der Waals surface area contributed by atoms with Gasteiger partial charge in [0.2, 0.25) is 0 Å². The third kappa shape index (κ3) is 5.40. The second kappa shape index (κ2) is 9.02. The van der Waals surface area contributed by atoms with Crippen molar-refractivity contribution in [2.24, 2.45) is 5.16 Å². The van der Waals surface area contributed by atoms with Gasteiger partial charge in [0.1, 0.15) is 6.10 Å². The van der Waals surface area contributed by atoms with Crippen molar-refractivity contribution in [3.63, 3.8) is 0 Å². The van der Waals surface area contributed by atoms with E-state index in [-0.39, 0.29) is 22.0 Å². The number of carbonyl (C=O) groups is 1. The number of sulfone groups is 1. The van der Waals surface area contributed by atoms with Gasteiger partial charge in [0, 0.05) is 23.7 Å². The number of hydrogen-bond donors (Lipinski definition) is 1. The van der Waals surface area contributed by atoms with Gasteiger partial charge in [-0.15, -0.1) is 11.3 Å². The summed E-state index contributed by atoms with van der Waals surface area (Å²) in [6, 6.07) is 6.12. The molecule has 10 heteroatoms. The number of nitrogens with one attached hydrogen (secondary N) is 1. The normalized spacial score (nSPS) is 15.8. The Kier molecular flexibility index (Phi) is 6.66. The van der Waals surface area contributed by atoms with Crippen molar-refractivity contribution >= 4 is 37.9 Å². The average Bonchev–Trinajstić information content (AvgIpc) is 3.46. The Hall–Kier alpha value is -2.30. The Bertz CT molecular complexity index is 995. The highest BCUT2D eigenvalue weighted by molar-refractivity contribution is 7.92. The van der Waals surface area contributed by atoms with Crippen molar-refractivity contribution in [3.8, 4) is 0 Å². The van der Waals surface area contributed by atoms with Gasteiger partial charge < -0.3 is 9.57 Å². The molecule has 0 unspecified atom stereocenters. The molecule has 1 aliphatic rings. The lowest BCUT2D eigenvalue weighted by Crippen LogP contribution is -2.25. The molecule has 0 saturated heterocycles. The summed E-state index contributed by atoms with van der Waals surface area (Å²) >= 11 is 1.34. The van der Waals surface area contributed by atoms with Gasteiger partial charge in [0.25, 0.3) is 5.91 Å². The van der Waals surface area contributed by atoms with Gasteiger partial charge in [-0.1, -0.05) is 17.3 Å². The van der Waals surface area contributed by atoms with E-state index in [0.717, 1.165) is 4.88 Å². The van der Waals surface area contributed by atoms with E-state index >= 15 is 0 Å². The number of carbonyl (C=O) groups excluding carboxylic acids is 1. The molecule has 1 amide bonds. The van der Waals surface area contributed by atoms with Crippen molar-refractivity contribution in [2.45, 2.75) is 42.9 Å². The fourth-order valence-corrected chi connectivity index (χ4v) is 4.89. The van der Waals surface area contributed by atoms with Gasteiger partial charge >= 0.3 is 0 Å². The summed E-state index contributed by atoms with van der Waals surface area (Å²) in [5.41, 5.74) is 0.464. The van der Waals surface area contributed by atoms with E-state index in [2.05, 4.69) is 15.5 Å². The maximum absolute atomic E-state index is 12.8. The maximum Gasteiger partial charge on any atom is 0.280 e. The van der Waals surface area contributed by atoms with Crippen LogP contribution >= 0.6 is 11.3 Å². The van der Waals surface area contributed by atoms with Crippen LogP contribution in [-0.2, 0) is 24.2 Å². The van der Waals surface area contributed by atoms with Gasteiger partial charge in [-0.25, -0.2) is 13.4 Å². The van der Waals surface area contributed by atoms with Crippen LogP contribution < -0.4 is 5.32 Å². The first-order valence-electron chi connectivity index (χ1n) is 9.12. The van der Waals surface area contributed by atoms with Crippen molar-refractivity contribution in [1.82, 2.24) is 4.98 Å². The molecular formula is C19H23N3O5S2. The lowest BCUT2D eigenvalue weighted by Gasteiger charge is -2.11. The largest absolute Gasteiger partial charge is 0.390 e. The molecule has 1 heterocycles. The molecule has 2 aromatic rings. The standard InChI is InChI=1S/C19H23N3O5S2/c1-12(11-26-3)27-22-17(18(23)21-19-20-10-13(2)28-19)14-4-6-15(7-5-14)29(24,25)16-8-9-16/h4-7,10,12,16H,8-9,11H2,1-3H3,(H,20,21,23)/b22-17+/t12-/m1/s1. The van der Waals surface area contributed by atoms with Crippen LogP contribution in [0.25, 0.3) is 0 Å². The number of anilines is 1. The molecule has 1 aromatic heterocycles. The number of oxime groups is 1. The summed E-state index contributed by atoms with van der Waals surface area (Å²) in [4.78, 5) is 23.5. The molecule has 156 valence electrons. The number of methoxy groups -OCH3 is 1. The predicted molar refractivity (Wildman–Crippen MR) is 111 cm³/mol. The summed E-state index contributed by atoms with van der Waals surface area (Å²) in [7, 11) is -1.76. The number of nitrogens with zero attached hydrogens (tertiary/aromatic N) is 2. The summed E-state index contributed by atoms with van der Waals surface area (Å²) in [5.74, 6) is -0.498. The van der Waals surface area contributed by atoms with E-state index in [1.807, 2.05) is 6.92 Å². The van der Waals surface area contributed by atoms with E-state index in [0.29, 0.717) is 30.1 Å². The van der Waals surface area contributed by atoms with E-state index in [4.69, 9.17) is 9.57 Å². The van der Waals surface area contributed by atoms with Gasteiger partial charge in [0.05, 0.1) is 16.8 Å². The van der Waals surface area contributed by atoms with Gasteiger partial charge in [0.15, 0.2) is 20.7 Å². The zero-order chi connectivity index (χ0) is 21.0. The van der Waals surface area contributed by atoms with Crippen LogP contribution in [-0.4, -0.2) is 50.1 Å². The number of benzene rings is 1. The number of aromatic nitrogens is 1. The highest BCUT2D eigenvalue weighted by atomic mass is 32.2. The predicted octanol–water partition coefficient (Wildman–Crippen LogP) is 2.78. The van der Waals surface area contributed by atoms with Crippen LogP contribution in [0.3, 0.4) is 0 Å². The molecule has 0 bridgehead atoms. The molecular weight excluding hydrogens is 414 g/mol. The Labute approximate surface area is 173 Å². The molecule has 0 radical (unpaired) electrons. The SMILES string of the molecule is COC[C@@H](C)O/N=C(/C(=O)Nc1ncc(C)s1)c1ccc(S(=O)(=O)C2CC2)cc1. The van der Waals surface area contributed by atoms with Crippen LogP contribution in [0.2, 0.25) is 0 Å². The zero-order valence-corrected chi connectivity index (χ0v) is 18.0. The van der Waals surface area contributed by atoms with Crippen LogP contribution in [0.1, 0.15) is 30.2 Å². The van der Waals surface area contributed by atoms with Gasteiger partial charge in [-0.05, 0) is 38.8 Å². The van der Waals surface area contributed by atoms with Gasteiger partial charge in [-0.2, -0.15) is 0 Å². The molecule has 1 atom stereocenters. The number of aryl methyl sites for hydroxylation is 1. The van der Waals surface area contributed by atoms with Crippen molar-refractivity contribution < 1.29 is 22.8 Å². The minimum Gasteiger partial charge on any atom is -0.390 e. The zero-order valence-electron chi connectivity index (χ0n) is 16.4. The average molecular weight is 438 g/mol. The van der Waals surface area contributed by atoms with E-state index in [1.165, 1.54) is 23.5 Å². The number of ether oxygens (including phenoxy) is 1. The molecule has 1 fully saturated rings. The smallest absolute Gasteiger partial charge is 0.280 e. The van der Waals surface area contributed by atoms with E-state index < -0.39 is 15.7 Å². The molecule has 0 spiro atoms. The van der Waals surface area contributed by atoms with E-state index in [1.54, 1.807) is 32.4 Å². The highest BCUT2D eigenvalue weighted by Gasteiger charge is 2.36. The van der Waals surface area contributed by atoms with E-state index in [9.17, 15) is 13.2 Å². The number of rotatable bonds is 9. The molecule has 1 N–H and O–H groups in total. The first-order chi connectivity index (χ1) is 13.8. The summed E-state index contributed by atoms with van der Waals surface area (Å²) in [6.45, 7) is 3.96. The van der Waals surface area contributed by atoms with Crippen molar-refractivity contribution in [3.05, 3.63) is 40.9 Å². The highest BCUT2D eigenvalue weighted by Crippen LogP contribution is 2.33. The quantitative estimate of drug-likeness (QED) is 0.477. The molecule has 1 aliphatic carbocycles. The lowest BCUT2D eigenvalue weighted by atomic mass is 10.1. The summed E-state index contributed by atoms with van der Waals surface area (Å²) < 4.78 is 29.8. The number of thiazole rings is 1. The molecule has 1 aromatic carbocycles. The Morgan fingerprint density at radius 2 is 2.03 bits per heavy atom. The lowest BCUT2D eigenvalue weighted by molar-refractivity contribution is -0.110. The van der Waals surface area contributed by atoms with Crippen LogP contribution in [0.4, 0.5) is 5.13 Å². The summed E-state index contributed by atoms with van der Waals surface area (Å²) in [5, 5.41) is 6.85. The second-order valence-corrected chi connectivity index (χ2v) is 10.3. The molecule has 29 heavy (non-hydrogen) atoms. The molecule has 3 rings (SSSR count). The minimum absolute atomic E-state index is 0.0242. The Morgan fingerprint density at radius 3 is 2.59 bits per heavy atom.